The summed E-state index contributed by atoms with van der Waals surface area (Å²) in [5, 5.41) is 5.61. The molecule has 0 unspecified atom stereocenters. The van der Waals surface area contributed by atoms with Crippen molar-refractivity contribution >= 4 is 34.4 Å². The molecule has 0 spiro atoms. The lowest BCUT2D eigenvalue weighted by Crippen LogP contribution is -2.36. The minimum absolute atomic E-state index is 0.127. The smallest absolute Gasteiger partial charge is 0.238 e. The summed E-state index contributed by atoms with van der Waals surface area (Å²) in [5.74, 6) is 0.973. The molecular formula is C29H24ClFN6O2. The molecular weight excluding hydrogens is 519 g/mol. The van der Waals surface area contributed by atoms with Crippen molar-refractivity contribution in [2.75, 3.05) is 12.0 Å². The number of rotatable bonds is 6. The van der Waals surface area contributed by atoms with Gasteiger partial charge < -0.3 is 4.74 Å². The molecule has 0 N–H and O–H groups in total. The van der Waals surface area contributed by atoms with Gasteiger partial charge in [-0.3, -0.25) is 9.69 Å². The van der Waals surface area contributed by atoms with Gasteiger partial charge in [-0.1, -0.05) is 41.9 Å². The van der Waals surface area contributed by atoms with Gasteiger partial charge >= 0.3 is 0 Å². The second-order valence-corrected chi connectivity index (χ2v) is 10.2. The first-order valence-corrected chi connectivity index (χ1v) is 12.7. The van der Waals surface area contributed by atoms with E-state index in [1.54, 1.807) is 47.2 Å². The normalized spacial score (nSPS) is 14.2. The second-order valence-electron chi connectivity index (χ2n) is 9.87. The number of fused-ring (bicyclic) bond motifs is 2. The zero-order valence-electron chi connectivity index (χ0n) is 21.5. The first-order chi connectivity index (χ1) is 18.8. The molecule has 10 heteroatoms. The number of hydrogen-bond acceptors (Lipinski definition) is 6. The van der Waals surface area contributed by atoms with Crippen LogP contribution in [0.5, 0.6) is 5.75 Å². The lowest BCUT2D eigenvalue weighted by molar-refractivity contribution is -0.122. The molecule has 0 radical (unpaired) electrons. The van der Waals surface area contributed by atoms with Crippen LogP contribution >= 0.6 is 11.6 Å². The number of amides is 1. The Labute approximate surface area is 229 Å². The first kappa shape index (κ1) is 24.9. The fourth-order valence-corrected chi connectivity index (χ4v) is 5.34. The highest BCUT2D eigenvalue weighted by Crippen LogP contribution is 2.45. The van der Waals surface area contributed by atoms with Gasteiger partial charge in [0.1, 0.15) is 28.2 Å². The van der Waals surface area contributed by atoms with Crippen LogP contribution in [-0.4, -0.2) is 37.7 Å². The summed E-state index contributed by atoms with van der Waals surface area (Å²) in [5.41, 5.74) is 2.05. The third kappa shape index (κ3) is 4.19. The Bertz CT molecular complexity index is 1730. The number of halogens is 2. The van der Waals surface area contributed by atoms with Gasteiger partial charge in [0, 0.05) is 17.3 Å². The molecule has 1 amide bonds. The van der Waals surface area contributed by atoms with Crippen molar-refractivity contribution in [2.24, 2.45) is 0 Å². The third-order valence-electron chi connectivity index (χ3n) is 7.00. The van der Waals surface area contributed by atoms with Crippen molar-refractivity contribution in [3.8, 4) is 17.3 Å². The molecule has 2 aromatic carbocycles. The molecule has 4 heterocycles. The van der Waals surface area contributed by atoms with E-state index in [4.69, 9.17) is 26.4 Å². The third-order valence-corrected chi connectivity index (χ3v) is 7.28. The van der Waals surface area contributed by atoms with E-state index in [0.717, 1.165) is 11.3 Å². The van der Waals surface area contributed by atoms with E-state index >= 15 is 0 Å². The Hall–Kier alpha value is -4.37. The van der Waals surface area contributed by atoms with Crippen molar-refractivity contribution < 1.29 is 13.9 Å². The molecule has 196 valence electrons. The van der Waals surface area contributed by atoms with E-state index < -0.39 is 5.41 Å². The summed E-state index contributed by atoms with van der Waals surface area (Å²) in [6, 6.07) is 17.7. The highest BCUT2D eigenvalue weighted by molar-refractivity contribution is 6.32. The maximum Gasteiger partial charge on any atom is 0.238 e. The highest BCUT2D eigenvalue weighted by atomic mass is 35.5. The fourth-order valence-electron chi connectivity index (χ4n) is 4.93. The van der Waals surface area contributed by atoms with Crippen LogP contribution in [0.2, 0.25) is 5.15 Å². The highest BCUT2D eigenvalue weighted by Gasteiger charge is 2.47. The number of nitrogens with zero attached hydrogens (tertiary/aromatic N) is 6. The molecule has 3 aromatic heterocycles. The van der Waals surface area contributed by atoms with E-state index in [9.17, 15) is 9.18 Å². The largest absolute Gasteiger partial charge is 0.497 e. The number of carbonyl (C=O) groups excluding carboxylic acids is 1. The molecule has 0 saturated carbocycles. The molecule has 0 atom stereocenters. The standard InChI is InChI=1S/C29H24ClFN6O2/c1-29(2)22-24(30)33-25(34-27(22)36(28(29)38)15-17-10-12-19(39-3)13-11-17)23-20-8-6-14-32-26(20)37(35-23)16-18-7-4-5-9-21(18)31/h4-14H,15-16H2,1-3H3. The SMILES string of the molecule is COc1ccc(CN2C(=O)C(C)(C)c3c(Cl)nc(-c4nn(Cc5ccccc5F)c5ncccc45)nc32)cc1. The predicted octanol–water partition coefficient (Wildman–Crippen LogP) is 5.56. The van der Waals surface area contributed by atoms with Crippen molar-refractivity contribution in [1.82, 2.24) is 24.7 Å². The second kappa shape index (κ2) is 9.43. The first-order valence-electron chi connectivity index (χ1n) is 12.4. The lowest BCUT2D eigenvalue weighted by atomic mass is 9.88. The zero-order chi connectivity index (χ0) is 27.3. The predicted molar refractivity (Wildman–Crippen MR) is 146 cm³/mol. The Balaban J connectivity index is 1.46. The van der Waals surface area contributed by atoms with Gasteiger partial charge in [-0.15, -0.1) is 0 Å². The number of carbonyl (C=O) groups is 1. The minimum atomic E-state index is -0.911. The summed E-state index contributed by atoms with van der Waals surface area (Å²) in [6.45, 7) is 4.11. The van der Waals surface area contributed by atoms with Crippen molar-refractivity contribution in [3.63, 3.8) is 0 Å². The van der Waals surface area contributed by atoms with Gasteiger partial charge in [0.05, 0.1) is 31.0 Å². The van der Waals surface area contributed by atoms with E-state index in [1.807, 2.05) is 44.2 Å². The molecule has 1 aliphatic rings. The minimum Gasteiger partial charge on any atom is -0.497 e. The zero-order valence-corrected chi connectivity index (χ0v) is 22.3. The van der Waals surface area contributed by atoms with Crippen LogP contribution in [0.1, 0.15) is 30.5 Å². The molecule has 8 nitrogen and oxygen atoms in total. The Kier molecular flexibility index (Phi) is 6.03. The van der Waals surface area contributed by atoms with Crippen LogP contribution in [0.15, 0.2) is 66.9 Å². The quantitative estimate of drug-likeness (QED) is 0.261. The van der Waals surface area contributed by atoms with Crippen LogP contribution in [0.25, 0.3) is 22.6 Å². The van der Waals surface area contributed by atoms with E-state index in [1.165, 1.54) is 6.07 Å². The van der Waals surface area contributed by atoms with Gasteiger partial charge in [0.2, 0.25) is 5.91 Å². The lowest BCUT2D eigenvalue weighted by Gasteiger charge is -2.20. The Morgan fingerprint density at radius 3 is 2.51 bits per heavy atom. The van der Waals surface area contributed by atoms with Crippen LogP contribution < -0.4 is 9.64 Å². The number of benzene rings is 2. The summed E-state index contributed by atoms with van der Waals surface area (Å²) < 4.78 is 21.3. The monoisotopic (exact) mass is 542 g/mol. The van der Waals surface area contributed by atoms with Crippen LogP contribution in [0, 0.1) is 5.82 Å². The maximum absolute atomic E-state index is 14.4. The number of hydrogen-bond donors (Lipinski definition) is 0. The molecule has 5 aromatic rings. The van der Waals surface area contributed by atoms with E-state index in [0.29, 0.717) is 40.2 Å². The molecule has 0 fully saturated rings. The number of methoxy groups -OCH3 is 1. The van der Waals surface area contributed by atoms with Gasteiger partial charge in [-0.25, -0.2) is 24.0 Å². The molecule has 39 heavy (non-hydrogen) atoms. The van der Waals surface area contributed by atoms with Crippen molar-refractivity contribution in [1.29, 1.82) is 0 Å². The van der Waals surface area contributed by atoms with Crippen LogP contribution in [-0.2, 0) is 23.3 Å². The number of anilines is 1. The fraction of sp³-hybridized carbons (Fsp3) is 0.207. The maximum atomic E-state index is 14.4. The summed E-state index contributed by atoms with van der Waals surface area (Å²) in [7, 11) is 1.61. The Morgan fingerprint density at radius 1 is 1.00 bits per heavy atom. The number of pyridine rings is 1. The molecule has 0 aliphatic carbocycles. The molecule has 0 bridgehead atoms. The van der Waals surface area contributed by atoms with Gasteiger partial charge in [-0.2, -0.15) is 5.10 Å². The van der Waals surface area contributed by atoms with Crippen LogP contribution in [0.4, 0.5) is 10.2 Å². The molecule has 6 rings (SSSR count). The van der Waals surface area contributed by atoms with Crippen LogP contribution in [0.3, 0.4) is 0 Å². The summed E-state index contributed by atoms with van der Waals surface area (Å²) in [4.78, 5) is 29.1. The average molecular weight is 543 g/mol. The van der Waals surface area contributed by atoms with Gasteiger partial charge in [-0.05, 0) is 49.7 Å². The van der Waals surface area contributed by atoms with Gasteiger partial charge in [0.15, 0.2) is 11.5 Å². The summed E-state index contributed by atoms with van der Waals surface area (Å²) >= 11 is 6.74. The van der Waals surface area contributed by atoms with Crippen molar-refractivity contribution in [2.45, 2.75) is 32.4 Å². The summed E-state index contributed by atoms with van der Waals surface area (Å²) in [6.07, 6.45) is 1.65. The van der Waals surface area contributed by atoms with E-state index in [2.05, 4.69) is 9.97 Å². The molecule has 0 saturated heterocycles. The Morgan fingerprint density at radius 2 is 1.77 bits per heavy atom. The van der Waals surface area contributed by atoms with Crippen molar-refractivity contribution in [3.05, 3.63) is 94.5 Å². The topological polar surface area (TPSA) is 86.0 Å². The number of aromatic nitrogens is 5. The van der Waals surface area contributed by atoms with Gasteiger partial charge in [0.25, 0.3) is 0 Å². The molecule has 1 aliphatic heterocycles. The van der Waals surface area contributed by atoms with E-state index in [-0.39, 0.29) is 29.2 Å². The number of ether oxygens (including phenoxy) is 1. The average Bonchev–Trinajstić information content (AvgIpc) is 3.39.